The second-order valence-corrected chi connectivity index (χ2v) is 6.88. The quantitative estimate of drug-likeness (QED) is 0.883. The monoisotopic (exact) mass is 330 g/mol. The van der Waals surface area contributed by atoms with E-state index >= 15 is 0 Å². The highest BCUT2D eigenvalue weighted by Gasteiger charge is 2.19. The first-order valence-corrected chi connectivity index (χ1v) is 8.29. The second-order valence-electron chi connectivity index (χ2n) is 6.88. The number of hydrogen-bond acceptors (Lipinski definition) is 3. The summed E-state index contributed by atoms with van der Waals surface area (Å²) >= 11 is 0. The minimum Gasteiger partial charge on any atom is -0.350 e. The fraction of sp³-hybridized carbons (Fsp3) is 0.500. The van der Waals surface area contributed by atoms with Crippen LogP contribution in [0.2, 0.25) is 0 Å². The lowest BCUT2D eigenvalue weighted by Crippen LogP contribution is -2.47. The molecule has 24 heavy (non-hydrogen) atoms. The predicted molar refractivity (Wildman–Crippen MR) is 94.5 cm³/mol. The highest BCUT2D eigenvalue weighted by Crippen LogP contribution is 2.12. The van der Waals surface area contributed by atoms with Gasteiger partial charge in [-0.05, 0) is 39.8 Å². The molecule has 2 rings (SSSR count). The number of hydrogen-bond donors (Lipinski definition) is 1. The number of nitrogens with zero attached hydrogens (tertiary/aromatic N) is 3. The van der Waals surface area contributed by atoms with E-state index in [0.29, 0.717) is 19.5 Å². The Morgan fingerprint density at radius 3 is 2.62 bits per heavy atom. The van der Waals surface area contributed by atoms with Crippen LogP contribution in [-0.2, 0) is 16.1 Å². The number of benzene rings is 1. The summed E-state index contributed by atoms with van der Waals surface area (Å²) in [4.78, 5) is 30.3. The van der Waals surface area contributed by atoms with E-state index in [-0.39, 0.29) is 23.9 Å². The summed E-state index contributed by atoms with van der Waals surface area (Å²) in [5, 5.41) is 2.88. The van der Waals surface area contributed by atoms with Gasteiger partial charge in [0.2, 0.25) is 11.8 Å². The summed E-state index contributed by atoms with van der Waals surface area (Å²) in [5.74, 6) is -0.162. The summed E-state index contributed by atoms with van der Waals surface area (Å²) in [5.41, 5.74) is 1.63. The van der Waals surface area contributed by atoms with Gasteiger partial charge < -0.3 is 14.8 Å². The Bertz CT molecular complexity index is 715. The lowest BCUT2D eigenvalue weighted by atomic mass is 10.1. The van der Waals surface area contributed by atoms with Crippen LogP contribution in [0, 0.1) is 0 Å². The number of amides is 2. The van der Waals surface area contributed by atoms with Crippen molar-refractivity contribution in [2.45, 2.75) is 46.2 Å². The third-order valence-corrected chi connectivity index (χ3v) is 3.68. The second kappa shape index (κ2) is 7.47. The molecule has 0 aliphatic carbocycles. The van der Waals surface area contributed by atoms with Crippen molar-refractivity contribution in [3.8, 4) is 0 Å². The molecule has 1 aromatic carbocycles. The molecule has 0 fully saturated rings. The van der Waals surface area contributed by atoms with E-state index in [9.17, 15) is 9.59 Å². The molecule has 0 bridgehead atoms. The molecule has 6 heteroatoms. The number of para-hydroxylation sites is 2. The van der Waals surface area contributed by atoms with Gasteiger partial charge in [0.05, 0.1) is 23.9 Å². The number of imidazole rings is 1. The highest BCUT2D eigenvalue weighted by molar-refractivity contribution is 5.85. The molecule has 0 saturated carbocycles. The molecule has 0 saturated heterocycles. The Balaban J connectivity index is 1.93. The zero-order valence-corrected chi connectivity index (χ0v) is 14.9. The van der Waals surface area contributed by atoms with Crippen LogP contribution >= 0.6 is 0 Å². The van der Waals surface area contributed by atoms with Gasteiger partial charge in [0, 0.05) is 25.0 Å². The molecular weight excluding hydrogens is 304 g/mol. The molecule has 0 unspecified atom stereocenters. The standard InChI is InChI=1S/C18H26N4O2/c1-5-21(12-16(23)20-18(2,3)4)17(24)10-11-22-13-19-14-8-6-7-9-15(14)22/h6-9,13H,5,10-12H2,1-4H3,(H,20,23). The van der Waals surface area contributed by atoms with E-state index in [1.54, 1.807) is 11.2 Å². The number of rotatable bonds is 6. The van der Waals surface area contributed by atoms with Crippen LogP contribution in [0.3, 0.4) is 0 Å². The van der Waals surface area contributed by atoms with Gasteiger partial charge >= 0.3 is 0 Å². The van der Waals surface area contributed by atoms with Crippen molar-refractivity contribution in [2.75, 3.05) is 13.1 Å². The molecule has 0 aliphatic rings. The molecule has 130 valence electrons. The van der Waals surface area contributed by atoms with Gasteiger partial charge in [-0.1, -0.05) is 12.1 Å². The molecule has 0 aliphatic heterocycles. The minimum absolute atomic E-state index is 0.0284. The SMILES string of the molecule is CCN(CC(=O)NC(C)(C)C)C(=O)CCn1cnc2ccccc21. The number of aryl methyl sites for hydroxylation is 1. The van der Waals surface area contributed by atoms with Crippen molar-refractivity contribution < 1.29 is 9.59 Å². The van der Waals surface area contributed by atoms with Gasteiger partial charge in [-0.25, -0.2) is 4.98 Å². The van der Waals surface area contributed by atoms with Gasteiger partial charge in [0.1, 0.15) is 0 Å². The number of nitrogens with one attached hydrogen (secondary N) is 1. The van der Waals surface area contributed by atoms with E-state index in [2.05, 4.69) is 10.3 Å². The van der Waals surface area contributed by atoms with Crippen LogP contribution in [0.5, 0.6) is 0 Å². The van der Waals surface area contributed by atoms with Crippen LogP contribution in [0.25, 0.3) is 11.0 Å². The van der Waals surface area contributed by atoms with Crippen molar-refractivity contribution in [1.82, 2.24) is 19.8 Å². The maximum Gasteiger partial charge on any atom is 0.240 e. The van der Waals surface area contributed by atoms with Crippen LogP contribution in [0.15, 0.2) is 30.6 Å². The summed E-state index contributed by atoms with van der Waals surface area (Å²) in [6.07, 6.45) is 2.09. The summed E-state index contributed by atoms with van der Waals surface area (Å²) in [7, 11) is 0. The minimum atomic E-state index is -0.296. The molecule has 1 heterocycles. The summed E-state index contributed by atoms with van der Waals surface area (Å²) in [6.45, 7) is 8.82. The van der Waals surface area contributed by atoms with Crippen molar-refractivity contribution in [1.29, 1.82) is 0 Å². The molecule has 2 amide bonds. The Morgan fingerprint density at radius 1 is 1.25 bits per heavy atom. The lowest BCUT2D eigenvalue weighted by Gasteiger charge is -2.25. The topological polar surface area (TPSA) is 67.2 Å². The molecule has 1 aromatic heterocycles. The van der Waals surface area contributed by atoms with Crippen molar-refractivity contribution >= 4 is 22.8 Å². The third-order valence-electron chi connectivity index (χ3n) is 3.68. The summed E-state index contributed by atoms with van der Waals surface area (Å²) < 4.78 is 1.97. The van der Waals surface area contributed by atoms with Crippen LogP contribution in [-0.4, -0.2) is 44.9 Å². The number of aromatic nitrogens is 2. The normalized spacial score (nSPS) is 11.5. The molecule has 2 aromatic rings. The highest BCUT2D eigenvalue weighted by atomic mass is 16.2. The molecule has 6 nitrogen and oxygen atoms in total. The van der Waals surface area contributed by atoms with Gasteiger partial charge in [-0.3, -0.25) is 9.59 Å². The fourth-order valence-electron chi connectivity index (χ4n) is 2.57. The third kappa shape index (κ3) is 4.81. The number of fused-ring (bicyclic) bond motifs is 1. The average Bonchev–Trinajstić information content (AvgIpc) is 2.91. The Kier molecular flexibility index (Phi) is 5.59. The van der Waals surface area contributed by atoms with Crippen molar-refractivity contribution in [3.05, 3.63) is 30.6 Å². The zero-order valence-electron chi connectivity index (χ0n) is 14.9. The Hall–Kier alpha value is -2.37. The molecule has 0 radical (unpaired) electrons. The van der Waals surface area contributed by atoms with Crippen molar-refractivity contribution in [2.24, 2.45) is 0 Å². The lowest BCUT2D eigenvalue weighted by molar-refractivity contribution is -0.136. The maximum atomic E-state index is 12.4. The molecule has 0 spiro atoms. The van der Waals surface area contributed by atoms with E-state index in [0.717, 1.165) is 11.0 Å². The van der Waals surface area contributed by atoms with E-state index < -0.39 is 0 Å². The average molecular weight is 330 g/mol. The van der Waals surface area contributed by atoms with Gasteiger partial charge in [0.15, 0.2) is 0 Å². The van der Waals surface area contributed by atoms with Gasteiger partial charge in [0.25, 0.3) is 0 Å². The Labute approximate surface area is 142 Å². The van der Waals surface area contributed by atoms with Crippen LogP contribution in [0.4, 0.5) is 0 Å². The fourth-order valence-corrected chi connectivity index (χ4v) is 2.57. The van der Waals surface area contributed by atoms with E-state index in [1.165, 1.54) is 0 Å². The maximum absolute atomic E-state index is 12.4. The zero-order chi connectivity index (χ0) is 17.7. The van der Waals surface area contributed by atoms with E-state index in [1.807, 2.05) is 56.5 Å². The van der Waals surface area contributed by atoms with Gasteiger partial charge in [-0.15, -0.1) is 0 Å². The van der Waals surface area contributed by atoms with Crippen LogP contribution < -0.4 is 5.32 Å². The first kappa shape index (κ1) is 18.0. The number of carbonyl (C=O) groups is 2. The van der Waals surface area contributed by atoms with Crippen LogP contribution in [0.1, 0.15) is 34.1 Å². The van der Waals surface area contributed by atoms with Gasteiger partial charge in [-0.2, -0.15) is 0 Å². The first-order chi connectivity index (χ1) is 11.3. The first-order valence-electron chi connectivity index (χ1n) is 8.29. The van der Waals surface area contributed by atoms with E-state index in [4.69, 9.17) is 0 Å². The number of carbonyl (C=O) groups excluding carboxylic acids is 2. The number of likely N-dealkylation sites (N-methyl/N-ethyl adjacent to an activating group) is 1. The largest absolute Gasteiger partial charge is 0.350 e. The van der Waals surface area contributed by atoms with Crippen molar-refractivity contribution in [3.63, 3.8) is 0 Å². The summed E-state index contributed by atoms with van der Waals surface area (Å²) in [6, 6.07) is 7.83. The molecule has 1 N–H and O–H groups in total. The molecular formula is C18H26N4O2. The molecule has 0 atom stereocenters. The Morgan fingerprint density at radius 2 is 1.96 bits per heavy atom. The predicted octanol–water partition coefficient (Wildman–Crippen LogP) is 2.19. The smallest absolute Gasteiger partial charge is 0.240 e.